The molecule has 0 aliphatic carbocycles. The molecule has 0 aliphatic heterocycles. The van der Waals surface area contributed by atoms with Gasteiger partial charge in [0.1, 0.15) is 0 Å². The molecule has 2 heteroatoms. The number of rotatable bonds is 1. The van der Waals surface area contributed by atoms with Crippen LogP contribution in [0.4, 0.5) is 0 Å². The maximum Gasteiger partial charge on any atom is 0.209 e. The average molecular weight is 194 g/mol. The van der Waals surface area contributed by atoms with Crippen molar-refractivity contribution in [2.45, 2.75) is 32.7 Å². The molecule has 13 heavy (non-hydrogen) atoms. The van der Waals surface area contributed by atoms with Crippen molar-refractivity contribution in [1.29, 1.82) is 0 Å². The number of aryl methyl sites for hydroxylation is 1. The Kier molecular flexibility index (Phi) is 2.93. The molecule has 1 aromatic rings. The number of benzene rings is 1. The van der Waals surface area contributed by atoms with Gasteiger partial charge in [0.15, 0.2) is 0 Å². The van der Waals surface area contributed by atoms with E-state index in [0.29, 0.717) is 0 Å². The highest BCUT2D eigenvalue weighted by atomic mass is 28.3. The largest absolute Gasteiger partial charge is 0.430 e. The fraction of sp³-hybridized carbons (Fsp3) is 0.455. The summed E-state index contributed by atoms with van der Waals surface area (Å²) in [5.41, 5.74) is 1.22. The predicted octanol–water partition coefficient (Wildman–Crippen LogP) is 1.72. The lowest BCUT2D eigenvalue weighted by Crippen LogP contribution is -2.40. The molecule has 1 atom stereocenters. The van der Waals surface area contributed by atoms with E-state index < -0.39 is 9.04 Å². The van der Waals surface area contributed by atoms with Gasteiger partial charge >= 0.3 is 0 Å². The van der Waals surface area contributed by atoms with Gasteiger partial charge in [-0.3, -0.25) is 0 Å². The molecular weight excluding hydrogens is 176 g/mol. The molecule has 1 rings (SSSR count). The number of hydrogen-bond donors (Lipinski definition) is 1. The Labute approximate surface area is 82.2 Å². The molecule has 0 amide bonds. The SMILES string of the molecule is Cc1ccccc1[SiH](O)C(C)(C)C. The zero-order valence-electron chi connectivity index (χ0n) is 8.83. The Bertz CT molecular complexity index is 288. The average Bonchev–Trinajstić information content (AvgIpc) is 2.02. The van der Waals surface area contributed by atoms with E-state index >= 15 is 0 Å². The van der Waals surface area contributed by atoms with Gasteiger partial charge in [-0.15, -0.1) is 0 Å². The van der Waals surface area contributed by atoms with Crippen molar-refractivity contribution >= 4 is 14.2 Å². The molecule has 1 nitrogen and oxygen atoms in total. The molecule has 0 spiro atoms. The second-order valence-electron chi connectivity index (χ2n) is 4.63. The summed E-state index contributed by atoms with van der Waals surface area (Å²) in [5.74, 6) is 0. The maximum atomic E-state index is 10.2. The van der Waals surface area contributed by atoms with Gasteiger partial charge in [-0.25, -0.2) is 0 Å². The van der Waals surface area contributed by atoms with E-state index in [9.17, 15) is 4.80 Å². The van der Waals surface area contributed by atoms with Gasteiger partial charge < -0.3 is 4.80 Å². The minimum absolute atomic E-state index is 0.0477. The Balaban J connectivity index is 3.02. The van der Waals surface area contributed by atoms with Crippen LogP contribution in [0.25, 0.3) is 0 Å². The molecule has 1 aromatic carbocycles. The van der Waals surface area contributed by atoms with Crippen LogP contribution in [0.2, 0.25) is 5.04 Å². The van der Waals surface area contributed by atoms with E-state index in [1.807, 2.05) is 12.1 Å². The quantitative estimate of drug-likeness (QED) is 0.675. The molecule has 1 N–H and O–H groups in total. The summed E-state index contributed by atoms with van der Waals surface area (Å²) in [6.07, 6.45) is 0. The van der Waals surface area contributed by atoms with Crippen LogP contribution in [-0.4, -0.2) is 13.8 Å². The molecule has 72 valence electrons. The highest BCUT2D eigenvalue weighted by molar-refractivity contribution is 6.69. The van der Waals surface area contributed by atoms with Crippen molar-refractivity contribution in [3.8, 4) is 0 Å². The predicted molar refractivity (Wildman–Crippen MR) is 59.9 cm³/mol. The van der Waals surface area contributed by atoms with Gasteiger partial charge in [-0.1, -0.05) is 45.0 Å². The zero-order valence-corrected chi connectivity index (χ0v) is 9.99. The van der Waals surface area contributed by atoms with Crippen LogP contribution in [0.3, 0.4) is 0 Å². The van der Waals surface area contributed by atoms with Crippen molar-refractivity contribution in [1.82, 2.24) is 0 Å². The van der Waals surface area contributed by atoms with Gasteiger partial charge in [0, 0.05) is 0 Å². The summed E-state index contributed by atoms with van der Waals surface area (Å²) in [7, 11) is -1.79. The smallest absolute Gasteiger partial charge is 0.209 e. The van der Waals surface area contributed by atoms with Gasteiger partial charge in [0.2, 0.25) is 9.04 Å². The van der Waals surface area contributed by atoms with Crippen molar-refractivity contribution in [3.05, 3.63) is 29.8 Å². The molecule has 0 bridgehead atoms. The topological polar surface area (TPSA) is 20.2 Å². The molecular formula is C11H18OSi. The van der Waals surface area contributed by atoms with E-state index in [4.69, 9.17) is 0 Å². The second-order valence-corrected chi connectivity index (χ2v) is 7.78. The van der Waals surface area contributed by atoms with Crippen molar-refractivity contribution in [3.63, 3.8) is 0 Å². The van der Waals surface area contributed by atoms with Crippen LogP contribution in [0.5, 0.6) is 0 Å². The lowest BCUT2D eigenvalue weighted by molar-refractivity contribution is 0.526. The van der Waals surface area contributed by atoms with Gasteiger partial charge in [0.25, 0.3) is 0 Å². The van der Waals surface area contributed by atoms with Crippen molar-refractivity contribution < 1.29 is 4.80 Å². The first-order valence-electron chi connectivity index (χ1n) is 4.66. The fourth-order valence-corrected chi connectivity index (χ4v) is 3.11. The Morgan fingerprint density at radius 1 is 1.15 bits per heavy atom. The van der Waals surface area contributed by atoms with E-state index in [1.54, 1.807) is 0 Å². The molecule has 0 saturated carbocycles. The van der Waals surface area contributed by atoms with Crippen molar-refractivity contribution in [2.75, 3.05) is 0 Å². The van der Waals surface area contributed by atoms with Crippen LogP contribution in [-0.2, 0) is 0 Å². The standard InChI is InChI=1S/C11H18OSi/c1-9-7-5-6-8-10(9)13(12)11(2,3)4/h5-8,12-13H,1-4H3. The molecule has 0 aliphatic rings. The highest BCUT2D eigenvalue weighted by Crippen LogP contribution is 2.25. The normalized spacial score (nSPS) is 14.2. The molecule has 0 aromatic heterocycles. The fourth-order valence-electron chi connectivity index (χ4n) is 1.36. The lowest BCUT2D eigenvalue weighted by atomic mass is 10.2. The van der Waals surface area contributed by atoms with E-state index in [-0.39, 0.29) is 5.04 Å². The molecule has 0 heterocycles. The van der Waals surface area contributed by atoms with Gasteiger partial charge in [-0.2, -0.15) is 0 Å². The first kappa shape index (κ1) is 10.5. The van der Waals surface area contributed by atoms with Gasteiger partial charge in [-0.05, 0) is 22.7 Å². The lowest BCUT2D eigenvalue weighted by Gasteiger charge is -2.25. The van der Waals surface area contributed by atoms with Crippen LogP contribution in [0, 0.1) is 6.92 Å². The third-order valence-electron chi connectivity index (χ3n) is 2.30. The summed E-state index contributed by atoms with van der Waals surface area (Å²) in [4.78, 5) is 10.2. The minimum Gasteiger partial charge on any atom is -0.430 e. The van der Waals surface area contributed by atoms with E-state index in [1.165, 1.54) is 10.8 Å². The third-order valence-corrected chi connectivity index (χ3v) is 5.18. The summed E-state index contributed by atoms with van der Waals surface area (Å²) >= 11 is 0. The van der Waals surface area contributed by atoms with Crippen LogP contribution in [0.15, 0.2) is 24.3 Å². The molecule has 1 unspecified atom stereocenters. The first-order valence-corrected chi connectivity index (χ1v) is 6.33. The molecule has 0 fully saturated rings. The Morgan fingerprint density at radius 2 is 1.69 bits per heavy atom. The summed E-state index contributed by atoms with van der Waals surface area (Å²) in [6, 6.07) is 8.14. The molecule has 0 saturated heterocycles. The second kappa shape index (κ2) is 3.64. The Hall–Kier alpha value is -0.603. The Morgan fingerprint density at radius 3 is 2.15 bits per heavy atom. The van der Waals surface area contributed by atoms with Gasteiger partial charge in [0.05, 0.1) is 0 Å². The zero-order chi connectivity index (χ0) is 10.1. The first-order chi connectivity index (χ1) is 5.93. The third kappa shape index (κ3) is 2.42. The van der Waals surface area contributed by atoms with Crippen molar-refractivity contribution in [2.24, 2.45) is 0 Å². The summed E-state index contributed by atoms with van der Waals surface area (Å²) in [6.45, 7) is 8.39. The molecule has 0 radical (unpaired) electrons. The monoisotopic (exact) mass is 194 g/mol. The highest BCUT2D eigenvalue weighted by Gasteiger charge is 2.27. The van der Waals surface area contributed by atoms with Crippen LogP contribution < -0.4 is 5.19 Å². The maximum absolute atomic E-state index is 10.2. The summed E-state index contributed by atoms with van der Waals surface area (Å²) < 4.78 is 0. The van der Waals surface area contributed by atoms with E-state index in [2.05, 4.69) is 39.8 Å². The number of hydrogen-bond acceptors (Lipinski definition) is 1. The summed E-state index contributed by atoms with van der Waals surface area (Å²) in [5, 5.41) is 1.22. The van der Waals surface area contributed by atoms with Crippen LogP contribution in [0.1, 0.15) is 26.3 Å². The minimum atomic E-state index is -1.79. The van der Waals surface area contributed by atoms with E-state index in [0.717, 1.165) is 0 Å². The van der Waals surface area contributed by atoms with Crippen LogP contribution >= 0.6 is 0 Å².